The van der Waals surface area contributed by atoms with Gasteiger partial charge in [0.2, 0.25) is 0 Å². The molecule has 5 heteroatoms. The van der Waals surface area contributed by atoms with Crippen LogP contribution in [0.2, 0.25) is 0 Å². The Morgan fingerprint density at radius 1 is 1.25 bits per heavy atom. The number of benzene rings is 2. The van der Waals surface area contributed by atoms with E-state index in [9.17, 15) is 4.79 Å². The maximum atomic E-state index is 12.2. The number of carbonyl (C=O) groups excluding carboxylic acids is 1. The molecule has 2 aromatic carbocycles. The molecule has 0 spiro atoms. The van der Waals surface area contributed by atoms with Crippen LogP contribution in [0.5, 0.6) is 0 Å². The number of methoxy groups -OCH3 is 1. The third-order valence-corrected chi connectivity index (χ3v) is 3.95. The average molecular weight is 323 g/mol. The summed E-state index contributed by atoms with van der Waals surface area (Å²) in [5.41, 5.74) is 4.96. The minimum absolute atomic E-state index is 0.100. The molecule has 124 valence electrons. The molecule has 0 unspecified atom stereocenters. The maximum Gasteiger partial charge on any atom is 0.251 e. The van der Waals surface area contributed by atoms with Crippen LogP contribution in [0.15, 0.2) is 42.5 Å². The zero-order chi connectivity index (χ0) is 16.9. The van der Waals surface area contributed by atoms with Crippen LogP contribution in [-0.2, 0) is 11.2 Å². The lowest BCUT2D eigenvalue weighted by atomic mass is 10.0. The van der Waals surface area contributed by atoms with Crippen molar-refractivity contribution in [2.24, 2.45) is 0 Å². The Bertz CT molecular complexity index is 855. The molecule has 1 aromatic heterocycles. The van der Waals surface area contributed by atoms with E-state index in [4.69, 9.17) is 4.74 Å². The molecule has 0 saturated carbocycles. The summed E-state index contributed by atoms with van der Waals surface area (Å²) in [7, 11) is 1.61. The number of ether oxygens (including phenoxy) is 1. The first-order chi connectivity index (χ1) is 11.7. The standard InChI is InChI=1S/C19H21N3O2/c1-13-4-3-5-14(10-13)11-18-16-12-15(6-7-17(16)21-22-18)19(23)20-8-9-24-2/h3-7,10,12H,8-9,11H2,1-2H3,(H,20,23)(H,21,22). The van der Waals surface area contributed by atoms with Gasteiger partial charge in [0, 0.05) is 36.7 Å². The summed E-state index contributed by atoms with van der Waals surface area (Å²) in [6, 6.07) is 14.0. The van der Waals surface area contributed by atoms with Crippen molar-refractivity contribution in [2.45, 2.75) is 13.3 Å². The van der Waals surface area contributed by atoms with Gasteiger partial charge in [-0.2, -0.15) is 5.10 Å². The molecule has 5 nitrogen and oxygen atoms in total. The molecule has 24 heavy (non-hydrogen) atoms. The van der Waals surface area contributed by atoms with Crippen LogP contribution >= 0.6 is 0 Å². The van der Waals surface area contributed by atoms with Crippen LogP contribution < -0.4 is 5.32 Å². The van der Waals surface area contributed by atoms with Gasteiger partial charge in [0.15, 0.2) is 0 Å². The Morgan fingerprint density at radius 2 is 2.12 bits per heavy atom. The second-order valence-electron chi connectivity index (χ2n) is 5.85. The number of hydrogen-bond acceptors (Lipinski definition) is 3. The Morgan fingerprint density at radius 3 is 2.92 bits per heavy atom. The molecular weight excluding hydrogens is 302 g/mol. The van der Waals surface area contributed by atoms with E-state index in [0.717, 1.165) is 23.0 Å². The van der Waals surface area contributed by atoms with Gasteiger partial charge in [-0.1, -0.05) is 29.8 Å². The number of aromatic amines is 1. The van der Waals surface area contributed by atoms with Crippen LogP contribution in [0.3, 0.4) is 0 Å². The van der Waals surface area contributed by atoms with Gasteiger partial charge in [-0.15, -0.1) is 0 Å². The highest BCUT2D eigenvalue weighted by Crippen LogP contribution is 2.21. The van der Waals surface area contributed by atoms with E-state index >= 15 is 0 Å². The highest BCUT2D eigenvalue weighted by atomic mass is 16.5. The van der Waals surface area contributed by atoms with E-state index in [1.165, 1.54) is 11.1 Å². The van der Waals surface area contributed by atoms with Crippen LogP contribution in [-0.4, -0.2) is 36.4 Å². The molecule has 1 heterocycles. The van der Waals surface area contributed by atoms with Crippen molar-refractivity contribution in [3.8, 4) is 0 Å². The van der Waals surface area contributed by atoms with Crippen LogP contribution in [0.4, 0.5) is 0 Å². The Hall–Kier alpha value is -2.66. The summed E-state index contributed by atoms with van der Waals surface area (Å²) in [5.74, 6) is -0.100. The van der Waals surface area contributed by atoms with Crippen molar-refractivity contribution >= 4 is 16.8 Å². The van der Waals surface area contributed by atoms with E-state index < -0.39 is 0 Å². The number of carbonyl (C=O) groups is 1. The molecule has 0 fully saturated rings. The van der Waals surface area contributed by atoms with Gasteiger partial charge in [-0.05, 0) is 30.7 Å². The Balaban J connectivity index is 1.84. The molecule has 0 atom stereocenters. The lowest BCUT2D eigenvalue weighted by Gasteiger charge is -2.05. The number of rotatable bonds is 6. The number of nitrogens with one attached hydrogen (secondary N) is 2. The fourth-order valence-electron chi connectivity index (χ4n) is 2.73. The smallest absolute Gasteiger partial charge is 0.251 e. The largest absolute Gasteiger partial charge is 0.383 e. The number of hydrogen-bond donors (Lipinski definition) is 2. The quantitative estimate of drug-likeness (QED) is 0.686. The van der Waals surface area contributed by atoms with Gasteiger partial charge in [0.25, 0.3) is 5.91 Å². The van der Waals surface area contributed by atoms with E-state index in [2.05, 4.69) is 46.7 Å². The molecular formula is C19H21N3O2. The van der Waals surface area contributed by atoms with Crippen LogP contribution in [0, 0.1) is 6.92 Å². The second-order valence-corrected chi connectivity index (χ2v) is 5.85. The van der Waals surface area contributed by atoms with Gasteiger partial charge in [-0.25, -0.2) is 0 Å². The first-order valence-electron chi connectivity index (χ1n) is 7.97. The molecule has 0 aliphatic rings. The number of aromatic nitrogens is 2. The van der Waals surface area contributed by atoms with Crippen molar-refractivity contribution in [3.63, 3.8) is 0 Å². The van der Waals surface area contributed by atoms with Crippen LogP contribution in [0.25, 0.3) is 10.9 Å². The Kier molecular flexibility index (Phi) is 4.91. The van der Waals surface area contributed by atoms with Crippen molar-refractivity contribution < 1.29 is 9.53 Å². The highest BCUT2D eigenvalue weighted by molar-refractivity contribution is 5.98. The zero-order valence-electron chi connectivity index (χ0n) is 13.9. The predicted octanol–water partition coefficient (Wildman–Crippen LogP) is 2.84. The molecule has 3 rings (SSSR count). The van der Waals surface area contributed by atoms with Crippen molar-refractivity contribution in [3.05, 3.63) is 64.8 Å². The van der Waals surface area contributed by atoms with Crippen molar-refractivity contribution in [1.82, 2.24) is 15.5 Å². The minimum Gasteiger partial charge on any atom is -0.383 e. The number of nitrogens with zero attached hydrogens (tertiary/aromatic N) is 1. The minimum atomic E-state index is -0.100. The molecule has 0 bridgehead atoms. The van der Waals surface area contributed by atoms with E-state index in [-0.39, 0.29) is 5.91 Å². The van der Waals surface area contributed by atoms with E-state index in [1.54, 1.807) is 13.2 Å². The van der Waals surface area contributed by atoms with Crippen molar-refractivity contribution in [1.29, 1.82) is 0 Å². The molecule has 0 aliphatic carbocycles. The van der Waals surface area contributed by atoms with Gasteiger partial charge in [0.05, 0.1) is 12.1 Å². The van der Waals surface area contributed by atoms with E-state index in [1.807, 2.05) is 12.1 Å². The van der Waals surface area contributed by atoms with Gasteiger partial charge in [0.1, 0.15) is 0 Å². The van der Waals surface area contributed by atoms with Gasteiger partial charge >= 0.3 is 0 Å². The topological polar surface area (TPSA) is 67.0 Å². The summed E-state index contributed by atoms with van der Waals surface area (Å²) >= 11 is 0. The molecule has 0 saturated heterocycles. The Labute approximate surface area is 141 Å². The summed E-state index contributed by atoms with van der Waals surface area (Å²) < 4.78 is 4.95. The lowest BCUT2D eigenvalue weighted by molar-refractivity contribution is 0.0937. The molecule has 1 amide bonds. The average Bonchev–Trinajstić information content (AvgIpc) is 2.97. The number of aryl methyl sites for hydroxylation is 1. The zero-order valence-corrected chi connectivity index (χ0v) is 13.9. The van der Waals surface area contributed by atoms with Gasteiger partial charge in [-0.3, -0.25) is 9.89 Å². The van der Waals surface area contributed by atoms with Crippen molar-refractivity contribution in [2.75, 3.05) is 20.3 Å². The third-order valence-electron chi connectivity index (χ3n) is 3.95. The molecule has 2 N–H and O–H groups in total. The predicted molar refractivity (Wildman–Crippen MR) is 94.3 cm³/mol. The van der Waals surface area contributed by atoms with E-state index in [0.29, 0.717) is 18.7 Å². The lowest BCUT2D eigenvalue weighted by Crippen LogP contribution is -2.26. The molecule has 0 aliphatic heterocycles. The third kappa shape index (κ3) is 3.63. The summed E-state index contributed by atoms with van der Waals surface area (Å²) in [6.45, 7) is 3.07. The first kappa shape index (κ1) is 16.2. The summed E-state index contributed by atoms with van der Waals surface area (Å²) in [6.07, 6.45) is 0.757. The van der Waals surface area contributed by atoms with Gasteiger partial charge < -0.3 is 10.1 Å². The summed E-state index contributed by atoms with van der Waals surface area (Å²) in [5, 5.41) is 11.3. The molecule has 0 radical (unpaired) electrons. The highest BCUT2D eigenvalue weighted by Gasteiger charge is 2.11. The number of fused-ring (bicyclic) bond motifs is 1. The normalized spacial score (nSPS) is 10.9. The monoisotopic (exact) mass is 323 g/mol. The molecule has 3 aromatic rings. The number of amides is 1. The first-order valence-corrected chi connectivity index (χ1v) is 7.97. The maximum absolute atomic E-state index is 12.2. The SMILES string of the molecule is COCCNC(=O)c1ccc2n[nH]c(Cc3cccc(C)c3)c2c1. The number of H-pyrrole nitrogens is 1. The fraction of sp³-hybridized carbons (Fsp3) is 0.263. The van der Waals surface area contributed by atoms with Crippen LogP contribution in [0.1, 0.15) is 27.2 Å². The summed E-state index contributed by atoms with van der Waals surface area (Å²) in [4.78, 5) is 12.2. The fourth-order valence-corrected chi connectivity index (χ4v) is 2.73. The second kappa shape index (κ2) is 7.27.